The number of hydrogen-bond acceptors (Lipinski definition) is 5. The van der Waals surface area contributed by atoms with Crippen molar-refractivity contribution in [2.45, 2.75) is 6.92 Å². The van der Waals surface area contributed by atoms with Crippen LogP contribution >= 0.6 is 0 Å². The number of ketones is 1. The summed E-state index contributed by atoms with van der Waals surface area (Å²) in [6.45, 7) is 1.77. The van der Waals surface area contributed by atoms with Crippen LogP contribution in [-0.2, 0) is 7.05 Å². The van der Waals surface area contributed by atoms with Crippen LogP contribution in [0.2, 0.25) is 0 Å². The lowest BCUT2D eigenvalue weighted by Crippen LogP contribution is -2.09. The van der Waals surface area contributed by atoms with Crippen molar-refractivity contribution in [3.05, 3.63) is 94.9 Å². The smallest absolute Gasteiger partial charge is 0.343 e. The van der Waals surface area contributed by atoms with Crippen LogP contribution in [0.4, 0.5) is 0 Å². The minimum absolute atomic E-state index is 0.200. The third-order valence-corrected chi connectivity index (χ3v) is 5.78. The van der Waals surface area contributed by atoms with Crippen molar-refractivity contribution in [2.24, 2.45) is 7.05 Å². The highest BCUT2D eigenvalue weighted by atomic mass is 16.5. The van der Waals surface area contributed by atoms with Crippen LogP contribution in [0.1, 0.15) is 31.8 Å². The number of nitrogens with zero attached hydrogens (tertiary/aromatic N) is 1. The van der Waals surface area contributed by atoms with Crippen LogP contribution in [0.3, 0.4) is 0 Å². The summed E-state index contributed by atoms with van der Waals surface area (Å²) < 4.78 is 18.7. The van der Waals surface area contributed by atoms with Gasteiger partial charge < -0.3 is 18.8 Å². The Bertz CT molecular complexity index is 1440. The molecule has 3 aromatic carbocycles. The number of benzene rings is 3. The Morgan fingerprint density at radius 2 is 1.79 bits per heavy atom. The van der Waals surface area contributed by atoms with Crippen molar-refractivity contribution in [2.75, 3.05) is 7.11 Å². The molecule has 0 saturated carbocycles. The van der Waals surface area contributed by atoms with Crippen molar-refractivity contribution < 1.29 is 23.8 Å². The molecule has 0 atom stereocenters. The molecule has 5 rings (SSSR count). The molecule has 0 fully saturated rings. The average molecular weight is 439 g/mol. The van der Waals surface area contributed by atoms with E-state index in [4.69, 9.17) is 14.2 Å². The molecule has 4 aromatic rings. The zero-order valence-electron chi connectivity index (χ0n) is 18.4. The van der Waals surface area contributed by atoms with E-state index in [2.05, 4.69) is 0 Å². The molecule has 1 aliphatic rings. The maximum Gasteiger partial charge on any atom is 0.343 e. The van der Waals surface area contributed by atoms with E-state index in [1.807, 2.05) is 42.1 Å². The number of esters is 1. The maximum atomic E-state index is 13.0. The standard InChI is InChI=1S/C27H21NO5/c1-16-23(33-27(30)17-8-10-19(31-3)11-9-17)13-12-21-25(29)24(32-26(16)21)14-18-15-28(2)22-7-5-4-6-20(18)22/h4-15H,1-3H3/b24-14+. The van der Waals surface area contributed by atoms with Crippen LogP contribution in [0.25, 0.3) is 17.0 Å². The molecule has 0 radical (unpaired) electrons. The molecule has 33 heavy (non-hydrogen) atoms. The van der Waals surface area contributed by atoms with Gasteiger partial charge in [0.25, 0.3) is 0 Å². The van der Waals surface area contributed by atoms with Crippen molar-refractivity contribution in [1.82, 2.24) is 4.57 Å². The quantitative estimate of drug-likeness (QED) is 0.244. The number of hydrogen-bond donors (Lipinski definition) is 0. The van der Waals surface area contributed by atoms with Gasteiger partial charge in [-0.1, -0.05) is 18.2 Å². The third-order valence-electron chi connectivity index (χ3n) is 5.78. The lowest BCUT2D eigenvalue weighted by atomic mass is 10.1. The Morgan fingerprint density at radius 3 is 2.55 bits per heavy atom. The second kappa shape index (κ2) is 7.98. The minimum atomic E-state index is -0.503. The SMILES string of the molecule is COc1ccc(C(=O)Oc2ccc3c(c2C)O/C(=C/c2cn(C)c4ccccc24)C3=O)cc1. The van der Waals surface area contributed by atoms with Gasteiger partial charge in [-0.15, -0.1) is 0 Å². The molecule has 0 N–H and O–H groups in total. The highest BCUT2D eigenvalue weighted by Crippen LogP contribution is 2.40. The number of aromatic nitrogens is 1. The van der Waals surface area contributed by atoms with E-state index in [9.17, 15) is 9.59 Å². The van der Waals surface area contributed by atoms with Crippen LogP contribution in [0.5, 0.6) is 17.2 Å². The largest absolute Gasteiger partial charge is 0.497 e. The predicted octanol–water partition coefficient (Wildman–Crippen LogP) is 5.33. The second-order valence-corrected chi connectivity index (χ2v) is 7.84. The van der Waals surface area contributed by atoms with E-state index >= 15 is 0 Å². The number of Topliss-reactive ketones (excluding diaryl/α,β-unsaturated/α-hetero) is 1. The monoisotopic (exact) mass is 439 g/mol. The van der Waals surface area contributed by atoms with Gasteiger partial charge in [0.2, 0.25) is 5.78 Å². The first kappa shape index (κ1) is 20.6. The lowest BCUT2D eigenvalue weighted by Gasteiger charge is -2.10. The van der Waals surface area contributed by atoms with Crippen LogP contribution in [0, 0.1) is 6.92 Å². The summed E-state index contributed by atoms with van der Waals surface area (Å²) in [5.41, 5.74) is 3.39. The highest BCUT2D eigenvalue weighted by Gasteiger charge is 2.31. The normalized spacial score (nSPS) is 13.8. The van der Waals surface area contributed by atoms with Crippen molar-refractivity contribution >= 4 is 28.7 Å². The number of para-hydroxylation sites is 1. The fourth-order valence-electron chi connectivity index (χ4n) is 3.99. The number of allylic oxidation sites excluding steroid dienone is 1. The summed E-state index contributed by atoms with van der Waals surface area (Å²) in [4.78, 5) is 25.6. The molecule has 1 aromatic heterocycles. The van der Waals surface area contributed by atoms with Crippen molar-refractivity contribution in [3.63, 3.8) is 0 Å². The van der Waals surface area contributed by atoms with Crippen LogP contribution in [-0.4, -0.2) is 23.4 Å². The first-order valence-corrected chi connectivity index (χ1v) is 10.4. The van der Waals surface area contributed by atoms with Gasteiger partial charge >= 0.3 is 5.97 Å². The predicted molar refractivity (Wildman–Crippen MR) is 125 cm³/mol. The number of methoxy groups -OCH3 is 1. The highest BCUT2D eigenvalue weighted by molar-refractivity contribution is 6.15. The number of aryl methyl sites for hydroxylation is 1. The molecular weight excluding hydrogens is 418 g/mol. The topological polar surface area (TPSA) is 66.8 Å². The molecule has 0 bridgehead atoms. The molecule has 0 amide bonds. The van der Waals surface area contributed by atoms with E-state index in [0.29, 0.717) is 33.9 Å². The fraction of sp³-hybridized carbons (Fsp3) is 0.111. The van der Waals surface area contributed by atoms with Crippen molar-refractivity contribution in [1.29, 1.82) is 0 Å². The summed E-state index contributed by atoms with van der Waals surface area (Å²) in [6.07, 6.45) is 3.72. The van der Waals surface area contributed by atoms with Gasteiger partial charge in [-0.3, -0.25) is 4.79 Å². The maximum absolute atomic E-state index is 13.0. The molecule has 2 heterocycles. The van der Waals surface area contributed by atoms with E-state index in [1.165, 1.54) is 0 Å². The Kier molecular flexibility index (Phi) is 4.98. The zero-order chi connectivity index (χ0) is 23.1. The third kappa shape index (κ3) is 3.55. The second-order valence-electron chi connectivity index (χ2n) is 7.84. The number of ether oxygens (including phenoxy) is 3. The minimum Gasteiger partial charge on any atom is -0.497 e. The average Bonchev–Trinajstić information content (AvgIpc) is 3.33. The Labute approximate surface area is 190 Å². The molecule has 164 valence electrons. The number of rotatable bonds is 4. The van der Waals surface area contributed by atoms with Gasteiger partial charge in [-0.2, -0.15) is 0 Å². The van der Waals surface area contributed by atoms with E-state index < -0.39 is 5.97 Å². The molecular formula is C27H21NO5. The summed E-state index contributed by atoms with van der Waals surface area (Å²) in [5, 5.41) is 1.03. The first-order valence-electron chi connectivity index (χ1n) is 10.4. The Morgan fingerprint density at radius 1 is 1.03 bits per heavy atom. The van der Waals surface area contributed by atoms with Gasteiger partial charge in [0.15, 0.2) is 5.76 Å². The molecule has 0 spiro atoms. The number of carbonyl (C=O) groups is 2. The summed E-state index contributed by atoms with van der Waals surface area (Å²) in [5.74, 6) is 0.937. The van der Waals surface area contributed by atoms with E-state index in [0.717, 1.165) is 16.5 Å². The molecule has 0 saturated heterocycles. The lowest BCUT2D eigenvalue weighted by molar-refractivity contribution is 0.0733. The van der Waals surface area contributed by atoms with Crippen LogP contribution in [0.15, 0.2) is 72.6 Å². The Balaban J connectivity index is 1.44. The van der Waals surface area contributed by atoms with E-state index in [1.54, 1.807) is 56.5 Å². The molecule has 6 nitrogen and oxygen atoms in total. The molecule has 0 aliphatic carbocycles. The van der Waals surface area contributed by atoms with Crippen molar-refractivity contribution in [3.8, 4) is 17.2 Å². The molecule has 1 aliphatic heterocycles. The first-order chi connectivity index (χ1) is 16.0. The van der Waals surface area contributed by atoms with Gasteiger partial charge in [0.05, 0.1) is 18.2 Å². The van der Waals surface area contributed by atoms with Gasteiger partial charge in [-0.25, -0.2) is 4.79 Å². The molecule has 0 unspecified atom stereocenters. The number of fused-ring (bicyclic) bond motifs is 2. The summed E-state index contributed by atoms with van der Waals surface area (Å²) >= 11 is 0. The van der Waals surface area contributed by atoms with Gasteiger partial charge in [0, 0.05) is 35.3 Å². The zero-order valence-corrected chi connectivity index (χ0v) is 18.4. The molecule has 6 heteroatoms. The summed E-state index contributed by atoms with van der Waals surface area (Å²) in [6, 6.07) is 17.9. The Hall–Kier alpha value is -4.32. The van der Waals surface area contributed by atoms with Gasteiger partial charge in [0.1, 0.15) is 17.2 Å². The van der Waals surface area contributed by atoms with E-state index in [-0.39, 0.29) is 11.5 Å². The summed E-state index contributed by atoms with van der Waals surface area (Å²) in [7, 11) is 3.52. The fourth-order valence-corrected chi connectivity index (χ4v) is 3.99. The number of carbonyl (C=O) groups excluding carboxylic acids is 2. The van der Waals surface area contributed by atoms with Crippen LogP contribution < -0.4 is 14.2 Å². The van der Waals surface area contributed by atoms with Gasteiger partial charge in [-0.05, 0) is 55.5 Å².